The van der Waals surface area contributed by atoms with Crippen LogP contribution in [0.1, 0.15) is 38.5 Å². The van der Waals surface area contributed by atoms with Gasteiger partial charge in [-0.15, -0.1) is 23.2 Å². The van der Waals surface area contributed by atoms with E-state index in [0.717, 1.165) is 38.8 Å². The molecule has 2 saturated carbocycles. The summed E-state index contributed by atoms with van der Waals surface area (Å²) in [5.74, 6) is -0.333. The van der Waals surface area contributed by atoms with Gasteiger partial charge in [0.1, 0.15) is 0 Å². The van der Waals surface area contributed by atoms with Crippen LogP contribution in [0.2, 0.25) is 0 Å². The van der Waals surface area contributed by atoms with E-state index in [1.807, 2.05) is 0 Å². The van der Waals surface area contributed by atoms with Crippen molar-refractivity contribution in [2.45, 2.75) is 66.7 Å². The van der Waals surface area contributed by atoms with E-state index in [2.05, 4.69) is 36.7 Å². The zero-order valence-corrected chi connectivity index (χ0v) is 38.6. The number of carbonyl (C=O) groups is 2. The molecule has 7 N–H and O–H groups in total. The number of ether oxygens (including phenoxy) is 6. The number of halogens is 2. The normalized spacial score (nSPS) is 26.0. The van der Waals surface area contributed by atoms with Gasteiger partial charge in [-0.2, -0.15) is 8.42 Å². The maximum atomic E-state index is 13.3. The van der Waals surface area contributed by atoms with Gasteiger partial charge in [0.05, 0.1) is 84.5 Å². The zero-order chi connectivity index (χ0) is 44.7. The molecule has 3 fully saturated rings. The van der Waals surface area contributed by atoms with Gasteiger partial charge in [0.2, 0.25) is 10.0 Å². The SMILES string of the molecule is CNS(=O)(=O)NCCOCCOCCOCCNC(=O)[C@H](O)[C@@H](O)C(=O)NCCOCCOCCOCCNS(=O)(=O)C1CCCC([C@@H]2CN(C)CC3C(Cl)CC(Cl)CC32)C1. The Labute approximate surface area is 371 Å². The fourth-order valence-corrected chi connectivity index (χ4v) is 11.1. The number of piperidine rings is 1. The summed E-state index contributed by atoms with van der Waals surface area (Å²) in [5.41, 5.74) is 0. The Balaban J connectivity index is 1.12. The third-order valence-electron chi connectivity index (χ3n) is 11.1. The van der Waals surface area contributed by atoms with E-state index < -0.39 is 49.5 Å². The minimum Gasteiger partial charge on any atom is -0.380 e. The topological polar surface area (TPSA) is 262 Å². The van der Waals surface area contributed by atoms with Gasteiger partial charge in [-0.25, -0.2) is 22.6 Å². The number of nitrogens with one attached hydrogen (secondary N) is 5. The van der Waals surface area contributed by atoms with Crippen molar-refractivity contribution in [2.24, 2.45) is 23.7 Å². The third-order valence-corrected chi connectivity index (χ3v) is 15.0. The number of alkyl halides is 2. The molecule has 61 heavy (non-hydrogen) atoms. The summed E-state index contributed by atoms with van der Waals surface area (Å²) in [4.78, 5) is 26.6. The van der Waals surface area contributed by atoms with E-state index in [4.69, 9.17) is 51.6 Å². The molecular formula is C37H70Cl2N6O14S2. The molecule has 0 radical (unpaired) electrons. The molecule has 1 saturated heterocycles. The number of nitrogens with zero attached hydrogens (tertiary/aromatic N) is 1. The summed E-state index contributed by atoms with van der Waals surface area (Å²) in [6.07, 6.45) is 1.03. The standard InChI is InChI=1S/C37H70Cl2N6O14S2/c1-40-61(52,53)44-9-13-57-17-21-59-19-15-55-11-7-42-37(49)35(47)34(46)36(48)41-6-10-54-14-18-58-20-16-56-12-8-43-60(50,51)29-5-3-4-27(22-29)31-25-45(2)26-32-30(31)23-28(38)24-33(32)39/h27-35,40,43-44,46-47H,3-26H2,1-2H3,(H,41,48)(H,42,49)/t27?,28?,29?,30?,31-,32?,33?,34+,35+/m0/s1. The molecule has 0 aromatic heterocycles. The molecule has 3 rings (SSSR count). The van der Waals surface area contributed by atoms with E-state index in [9.17, 15) is 36.6 Å². The number of sulfonamides is 1. The molecule has 3 aliphatic rings. The first-order valence-corrected chi connectivity index (χ1v) is 25.1. The highest BCUT2D eigenvalue weighted by Crippen LogP contribution is 2.48. The van der Waals surface area contributed by atoms with Crippen molar-refractivity contribution in [3.8, 4) is 0 Å². The summed E-state index contributed by atoms with van der Waals surface area (Å²) in [7, 11) is -3.56. The Morgan fingerprint density at radius 1 is 0.639 bits per heavy atom. The van der Waals surface area contributed by atoms with Crippen LogP contribution >= 0.6 is 23.2 Å². The van der Waals surface area contributed by atoms with Crippen molar-refractivity contribution in [1.29, 1.82) is 0 Å². The number of aliphatic hydroxyl groups is 2. The fourth-order valence-electron chi connectivity index (χ4n) is 8.04. The number of amides is 2. The predicted molar refractivity (Wildman–Crippen MR) is 228 cm³/mol. The van der Waals surface area contributed by atoms with Gasteiger partial charge in [0, 0.05) is 57.1 Å². The van der Waals surface area contributed by atoms with Crippen LogP contribution in [-0.2, 0) is 58.2 Å². The Morgan fingerprint density at radius 3 is 1.61 bits per heavy atom. The average molecular weight is 958 g/mol. The number of likely N-dealkylation sites (tertiary alicyclic amines) is 1. The molecule has 20 nitrogen and oxygen atoms in total. The van der Waals surface area contributed by atoms with Crippen LogP contribution < -0.4 is 24.8 Å². The van der Waals surface area contributed by atoms with E-state index in [1.54, 1.807) is 0 Å². The molecule has 2 aliphatic carbocycles. The lowest BCUT2D eigenvalue weighted by molar-refractivity contribution is -0.146. The van der Waals surface area contributed by atoms with Crippen LogP contribution in [0.25, 0.3) is 0 Å². The third kappa shape index (κ3) is 20.8. The minimum absolute atomic E-state index is 0.0207. The van der Waals surface area contributed by atoms with Crippen LogP contribution in [0.4, 0.5) is 0 Å². The molecule has 0 bridgehead atoms. The first kappa shape index (κ1) is 54.3. The second-order valence-electron chi connectivity index (χ2n) is 15.5. The van der Waals surface area contributed by atoms with Crippen molar-refractivity contribution in [3.05, 3.63) is 0 Å². The van der Waals surface area contributed by atoms with Crippen LogP contribution in [0, 0.1) is 23.7 Å². The molecule has 0 aromatic rings. The Bertz CT molecular complexity index is 1480. The smallest absolute Gasteiger partial charge is 0.276 e. The number of aliphatic hydroxyl groups excluding tert-OH is 2. The van der Waals surface area contributed by atoms with Gasteiger partial charge in [-0.1, -0.05) is 12.8 Å². The number of hydrogen-bond donors (Lipinski definition) is 7. The molecule has 0 spiro atoms. The van der Waals surface area contributed by atoms with Crippen molar-refractivity contribution in [2.75, 3.05) is 133 Å². The van der Waals surface area contributed by atoms with Gasteiger partial charge in [-0.05, 0) is 56.4 Å². The summed E-state index contributed by atoms with van der Waals surface area (Å²) < 4.78 is 88.3. The lowest BCUT2D eigenvalue weighted by Crippen LogP contribution is -2.54. The van der Waals surface area contributed by atoms with Crippen molar-refractivity contribution in [3.63, 3.8) is 0 Å². The number of hydrogen-bond acceptors (Lipinski definition) is 15. The summed E-state index contributed by atoms with van der Waals surface area (Å²) >= 11 is 13.4. The Morgan fingerprint density at radius 2 is 1.10 bits per heavy atom. The fraction of sp³-hybridized carbons (Fsp3) is 0.946. The Kier molecular flexibility index (Phi) is 26.2. The molecule has 358 valence electrons. The van der Waals surface area contributed by atoms with E-state index in [-0.39, 0.29) is 116 Å². The molecule has 1 aliphatic heterocycles. The number of rotatable bonds is 32. The number of fused-ring (bicyclic) bond motifs is 1. The second-order valence-corrected chi connectivity index (χ2v) is 20.5. The van der Waals surface area contributed by atoms with E-state index >= 15 is 0 Å². The largest absolute Gasteiger partial charge is 0.380 e. The number of carbonyl (C=O) groups excluding carboxylic acids is 2. The van der Waals surface area contributed by atoms with Crippen molar-refractivity contribution in [1.82, 2.24) is 29.7 Å². The highest BCUT2D eigenvalue weighted by atomic mass is 35.5. The van der Waals surface area contributed by atoms with Gasteiger partial charge in [0.25, 0.3) is 22.0 Å². The highest BCUT2D eigenvalue weighted by molar-refractivity contribution is 7.90. The summed E-state index contributed by atoms with van der Waals surface area (Å²) in [6.45, 7) is 4.87. The lowest BCUT2D eigenvalue weighted by atomic mass is 9.63. The van der Waals surface area contributed by atoms with Gasteiger partial charge in [0.15, 0.2) is 12.2 Å². The van der Waals surface area contributed by atoms with Crippen LogP contribution in [0.15, 0.2) is 0 Å². The van der Waals surface area contributed by atoms with Gasteiger partial charge < -0.3 is 54.2 Å². The molecule has 9 atom stereocenters. The maximum absolute atomic E-state index is 13.3. The maximum Gasteiger partial charge on any atom is 0.276 e. The summed E-state index contributed by atoms with van der Waals surface area (Å²) in [6, 6.07) is 0. The zero-order valence-electron chi connectivity index (χ0n) is 35.5. The first-order chi connectivity index (χ1) is 29.1. The quantitative estimate of drug-likeness (QED) is 0.0295. The van der Waals surface area contributed by atoms with Gasteiger partial charge in [-0.3, -0.25) is 9.59 Å². The van der Waals surface area contributed by atoms with Crippen LogP contribution in [0.3, 0.4) is 0 Å². The van der Waals surface area contributed by atoms with E-state index in [0.29, 0.717) is 36.5 Å². The van der Waals surface area contributed by atoms with Crippen molar-refractivity contribution < 1.29 is 65.1 Å². The average Bonchev–Trinajstić information content (AvgIpc) is 3.23. The predicted octanol–water partition coefficient (Wildman–Crippen LogP) is -1.63. The second kappa shape index (κ2) is 29.5. The lowest BCUT2D eigenvalue weighted by Gasteiger charge is -2.51. The molecule has 24 heteroatoms. The molecule has 6 unspecified atom stereocenters. The van der Waals surface area contributed by atoms with E-state index in [1.165, 1.54) is 7.05 Å². The molecule has 1 heterocycles. The summed E-state index contributed by atoms with van der Waals surface area (Å²) in [5, 5.41) is 24.6. The molecule has 2 amide bonds. The highest BCUT2D eigenvalue weighted by Gasteiger charge is 2.47. The van der Waals surface area contributed by atoms with Crippen LogP contribution in [0.5, 0.6) is 0 Å². The van der Waals surface area contributed by atoms with Crippen molar-refractivity contribution >= 4 is 55.2 Å². The monoisotopic (exact) mass is 956 g/mol. The van der Waals surface area contributed by atoms with Crippen LogP contribution in [-0.4, -0.2) is 205 Å². The first-order valence-electron chi connectivity index (χ1n) is 21.2. The molecule has 0 aromatic carbocycles. The minimum atomic E-state index is -3.50. The van der Waals surface area contributed by atoms with Gasteiger partial charge >= 0.3 is 0 Å². The Hall–Kier alpha value is -1.06. The molecular weight excluding hydrogens is 887 g/mol.